The van der Waals surface area contributed by atoms with E-state index in [1.54, 1.807) is 48.2 Å². The summed E-state index contributed by atoms with van der Waals surface area (Å²) in [5.74, 6) is -0.341. The van der Waals surface area contributed by atoms with Crippen molar-refractivity contribution in [3.63, 3.8) is 0 Å². The molecule has 0 aromatic heterocycles. The first-order valence-electron chi connectivity index (χ1n) is 10.4. The summed E-state index contributed by atoms with van der Waals surface area (Å²) in [7, 11) is -3.98. The molecular formula is C22H25BrClN3O5S. The van der Waals surface area contributed by atoms with Crippen LogP contribution in [0.4, 0.5) is 4.79 Å². The summed E-state index contributed by atoms with van der Waals surface area (Å²) in [6.07, 6.45) is -0.414. The number of benzene rings is 2. The third-order valence-electron chi connectivity index (χ3n) is 5.23. The topological polar surface area (TPSA) is 87.2 Å². The van der Waals surface area contributed by atoms with E-state index in [0.29, 0.717) is 36.8 Å². The molecule has 1 saturated heterocycles. The van der Waals surface area contributed by atoms with Crippen LogP contribution in [-0.2, 0) is 26.1 Å². The maximum absolute atomic E-state index is 13.4. The number of hydrogen-bond acceptors (Lipinski definition) is 5. The molecule has 8 nitrogen and oxygen atoms in total. The van der Waals surface area contributed by atoms with E-state index in [9.17, 15) is 18.0 Å². The van der Waals surface area contributed by atoms with Crippen molar-refractivity contribution in [2.45, 2.75) is 18.4 Å². The largest absolute Gasteiger partial charge is 0.450 e. The van der Waals surface area contributed by atoms with Crippen LogP contribution in [0.1, 0.15) is 12.5 Å². The van der Waals surface area contributed by atoms with Gasteiger partial charge in [-0.25, -0.2) is 13.2 Å². The van der Waals surface area contributed by atoms with E-state index in [2.05, 4.69) is 15.9 Å². The fraction of sp³-hybridized carbons (Fsp3) is 0.364. The van der Waals surface area contributed by atoms with Crippen molar-refractivity contribution in [2.24, 2.45) is 0 Å². The second kappa shape index (κ2) is 11.3. The van der Waals surface area contributed by atoms with Gasteiger partial charge < -0.3 is 14.5 Å². The van der Waals surface area contributed by atoms with E-state index in [-0.39, 0.29) is 30.5 Å². The monoisotopic (exact) mass is 557 g/mol. The van der Waals surface area contributed by atoms with Crippen molar-refractivity contribution in [2.75, 3.05) is 39.3 Å². The number of rotatable bonds is 7. The molecule has 2 amide bonds. The molecule has 3 rings (SSSR count). The maximum atomic E-state index is 13.4. The van der Waals surface area contributed by atoms with E-state index in [1.807, 2.05) is 0 Å². The molecular weight excluding hydrogens is 534 g/mol. The number of halogens is 2. The van der Waals surface area contributed by atoms with Crippen LogP contribution in [0.2, 0.25) is 5.02 Å². The summed E-state index contributed by atoms with van der Waals surface area (Å²) < 4.78 is 33.7. The fourth-order valence-corrected chi connectivity index (χ4v) is 5.23. The second-order valence-electron chi connectivity index (χ2n) is 7.39. The molecule has 2 aromatic carbocycles. The molecule has 0 aliphatic carbocycles. The summed E-state index contributed by atoms with van der Waals surface area (Å²) in [4.78, 5) is 28.1. The predicted octanol–water partition coefficient (Wildman–Crippen LogP) is 3.59. The van der Waals surface area contributed by atoms with E-state index < -0.39 is 16.1 Å². The van der Waals surface area contributed by atoms with Crippen molar-refractivity contribution in [3.8, 4) is 0 Å². The molecule has 0 radical (unpaired) electrons. The van der Waals surface area contributed by atoms with Crippen molar-refractivity contribution < 1.29 is 22.7 Å². The lowest BCUT2D eigenvalue weighted by atomic mass is 10.2. The summed E-state index contributed by atoms with van der Waals surface area (Å²) in [6.45, 7) is 2.88. The van der Waals surface area contributed by atoms with Gasteiger partial charge in [-0.1, -0.05) is 45.7 Å². The molecule has 0 N–H and O–H groups in total. The third kappa shape index (κ3) is 6.47. The van der Waals surface area contributed by atoms with Gasteiger partial charge in [-0.05, 0) is 42.8 Å². The molecule has 0 unspecified atom stereocenters. The summed E-state index contributed by atoms with van der Waals surface area (Å²) >= 11 is 9.58. The van der Waals surface area contributed by atoms with Crippen LogP contribution >= 0.6 is 27.5 Å². The first kappa shape index (κ1) is 25.5. The van der Waals surface area contributed by atoms with E-state index in [1.165, 1.54) is 17.0 Å². The number of carbonyl (C=O) groups excluding carboxylic acids is 2. The molecule has 33 heavy (non-hydrogen) atoms. The third-order valence-corrected chi connectivity index (χ3v) is 7.93. The van der Waals surface area contributed by atoms with Crippen molar-refractivity contribution in [3.05, 3.63) is 63.6 Å². The average Bonchev–Trinajstić information content (AvgIpc) is 2.80. The molecule has 0 saturated carbocycles. The Kier molecular flexibility index (Phi) is 8.75. The van der Waals surface area contributed by atoms with Gasteiger partial charge in [0, 0.05) is 42.2 Å². The Morgan fingerprint density at radius 3 is 2.24 bits per heavy atom. The van der Waals surface area contributed by atoms with Crippen molar-refractivity contribution in [1.29, 1.82) is 0 Å². The zero-order valence-corrected chi connectivity index (χ0v) is 21.3. The highest BCUT2D eigenvalue weighted by atomic mass is 79.9. The predicted molar refractivity (Wildman–Crippen MR) is 128 cm³/mol. The maximum Gasteiger partial charge on any atom is 0.409 e. The second-order valence-corrected chi connectivity index (χ2v) is 10.6. The van der Waals surface area contributed by atoms with E-state index in [4.69, 9.17) is 16.3 Å². The fourth-order valence-electron chi connectivity index (χ4n) is 3.40. The standard InChI is InChI=1S/C22H25BrClN3O5S/c1-2-32-22(29)26-13-11-25(12-14-26)21(28)16-27(15-17-5-3-4-6-20(17)24)33(30,31)19-9-7-18(23)8-10-19/h3-10H,2,11-16H2,1H3. The Bertz CT molecular complexity index is 1090. The highest BCUT2D eigenvalue weighted by Gasteiger charge is 2.31. The first-order valence-corrected chi connectivity index (χ1v) is 13.0. The van der Waals surface area contributed by atoms with Crippen LogP contribution in [-0.4, -0.2) is 73.9 Å². The number of ether oxygens (including phenoxy) is 1. The minimum Gasteiger partial charge on any atom is -0.450 e. The number of sulfonamides is 1. The first-order chi connectivity index (χ1) is 15.7. The Morgan fingerprint density at radius 2 is 1.64 bits per heavy atom. The van der Waals surface area contributed by atoms with Gasteiger partial charge in [-0.3, -0.25) is 4.79 Å². The van der Waals surface area contributed by atoms with Gasteiger partial charge in [0.2, 0.25) is 15.9 Å². The van der Waals surface area contributed by atoms with Crippen LogP contribution < -0.4 is 0 Å². The van der Waals surface area contributed by atoms with Gasteiger partial charge >= 0.3 is 6.09 Å². The number of amides is 2. The van der Waals surface area contributed by atoms with E-state index in [0.717, 1.165) is 8.78 Å². The van der Waals surface area contributed by atoms with Gasteiger partial charge in [0.25, 0.3) is 0 Å². The molecule has 178 valence electrons. The minimum absolute atomic E-state index is 0.0490. The Hall–Kier alpha value is -2.14. The quantitative estimate of drug-likeness (QED) is 0.518. The van der Waals surface area contributed by atoms with Gasteiger partial charge in [0.15, 0.2) is 0 Å². The summed E-state index contributed by atoms with van der Waals surface area (Å²) in [5.41, 5.74) is 0.597. The molecule has 0 bridgehead atoms. The van der Waals surface area contributed by atoms with Gasteiger partial charge in [0.05, 0.1) is 18.0 Å². The zero-order chi connectivity index (χ0) is 24.0. The lowest BCUT2D eigenvalue weighted by molar-refractivity contribution is -0.133. The normalized spacial score (nSPS) is 14.4. The van der Waals surface area contributed by atoms with Crippen molar-refractivity contribution in [1.82, 2.24) is 14.1 Å². The van der Waals surface area contributed by atoms with Crippen LogP contribution in [0.5, 0.6) is 0 Å². The highest BCUT2D eigenvalue weighted by molar-refractivity contribution is 9.10. The van der Waals surface area contributed by atoms with Crippen molar-refractivity contribution >= 4 is 49.6 Å². The minimum atomic E-state index is -3.98. The zero-order valence-electron chi connectivity index (χ0n) is 18.1. The van der Waals surface area contributed by atoms with E-state index >= 15 is 0 Å². The highest BCUT2D eigenvalue weighted by Crippen LogP contribution is 2.24. The molecule has 11 heteroatoms. The average molecular weight is 559 g/mol. The number of piperazine rings is 1. The van der Waals surface area contributed by atoms with Gasteiger partial charge in [-0.2, -0.15) is 4.31 Å². The molecule has 2 aromatic rings. The lowest BCUT2D eigenvalue weighted by Gasteiger charge is -2.35. The SMILES string of the molecule is CCOC(=O)N1CCN(C(=O)CN(Cc2ccccc2Cl)S(=O)(=O)c2ccc(Br)cc2)CC1. The smallest absolute Gasteiger partial charge is 0.409 e. The Labute approximate surface area is 207 Å². The van der Waals surface area contributed by atoms with Gasteiger partial charge in [-0.15, -0.1) is 0 Å². The van der Waals surface area contributed by atoms with Gasteiger partial charge in [0.1, 0.15) is 0 Å². The Morgan fingerprint density at radius 1 is 1.03 bits per heavy atom. The molecule has 0 atom stereocenters. The van der Waals surface area contributed by atoms with Crippen LogP contribution in [0, 0.1) is 0 Å². The summed E-state index contributed by atoms with van der Waals surface area (Å²) in [5, 5.41) is 0.420. The number of nitrogens with zero attached hydrogens (tertiary/aromatic N) is 3. The molecule has 1 aliphatic heterocycles. The molecule has 0 spiro atoms. The molecule has 1 fully saturated rings. The van der Waals surface area contributed by atoms with Crippen LogP contribution in [0.15, 0.2) is 57.9 Å². The summed E-state index contributed by atoms with van der Waals surface area (Å²) in [6, 6.07) is 13.2. The lowest BCUT2D eigenvalue weighted by Crippen LogP contribution is -2.53. The number of carbonyl (C=O) groups is 2. The van der Waals surface area contributed by atoms with Crippen LogP contribution in [0.3, 0.4) is 0 Å². The van der Waals surface area contributed by atoms with Crippen LogP contribution in [0.25, 0.3) is 0 Å². The molecule has 1 heterocycles. The molecule has 1 aliphatic rings. The number of hydrogen-bond donors (Lipinski definition) is 0. The Balaban J connectivity index is 1.78.